The van der Waals surface area contributed by atoms with Gasteiger partial charge in [-0.15, -0.1) is 0 Å². The van der Waals surface area contributed by atoms with Crippen LogP contribution in [0, 0.1) is 6.92 Å². The molecule has 3 heteroatoms. The number of nitrogens with two attached hydrogens (primary N) is 1. The predicted molar refractivity (Wildman–Crippen MR) is 65.8 cm³/mol. The molecule has 1 aliphatic rings. The monoisotopic (exact) mass is 218 g/mol. The minimum Gasteiger partial charge on any atom is -0.371 e. The Morgan fingerprint density at radius 1 is 1.25 bits per heavy atom. The fourth-order valence-corrected chi connectivity index (χ4v) is 2.37. The lowest BCUT2D eigenvalue weighted by Crippen LogP contribution is -2.30. The van der Waals surface area contributed by atoms with Crippen LogP contribution in [-0.4, -0.2) is 19.0 Å². The first kappa shape index (κ1) is 11.0. The zero-order valence-corrected chi connectivity index (χ0v) is 9.70. The number of hydrogen-bond donors (Lipinski definition) is 1. The molecule has 2 rings (SSSR count). The van der Waals surface area contributed by atoms with Gasteiger partial charge in [-0.3, -0.25) is 4.79 Å². The van der Waals surface area contributed by atoms with Crippen molar-refractivity contribution in [3.8, 4) is 0 Å². The zero-order chi connectivity index (χ0) is 11.5. The highest BCUT2D eigenvalue weighted by Crippen LogP contribution is 2.25. The highest BCUT2D eigenvalue weighted by molar-refractivity contribution is 5.95. The average Bonchev–Trinajstić information content (AvgIpc) is 2.30. The van der Waals surface area contributed by atoms with Gasteiger partial charge in [0.2, 0.25) is 5.91 Å². The molecule has 0 unspecified atom stereocenters. The Kier molecular flexibility index (Phi) is 3.13. The van der Waals surface area contributed by atoms with E-state index in [-0.39, 0.29) is 5.91 Å². The Hall–Kier alpha value is -1.51. The first-order valence-corrected chi connectivity index (χ1v) is 5.84. The lowest BCUT2D eigenvalue weighted by Gasteiger charge is -2.30. The predicted octanol–water partition coefficient (Wildman–Crippen LogP) is 2.08. The summed E-state index contributed by atoms with van der Waals surface area (Å²) in [6.45, 7) is 4.15. The molecule has 1 amide bonds. The molecule has 1 aliphatic heterocycles. The van der Waals surface area contributed by atoms with Gasteiger partial charge in [-0.25, -0.2) is 0 Å². The van der Waals surface area contributed by atoms with Gasteiger partial charge >= 0.3 is 0 Å². The van der Waals surface area contributed by atoms with Gasteiger partial charge in [0, 0.05) is 24.3 Å². The summed E-state index contributed by atoms with van der Waals surface area (Å²) in [5.41, 5.74) is 8.17. The van der Waals surface area contributed by atoms with Crippen LogP contribution in [0.4, 0.5) is 5.69 Å². The van der Waals surface area contributed by atoms with Gasteiger partial charge in [-0.2, -0.15) is 0 Å². The molecular formula is C13H18N2O. The molecule has 1 saturated heterocycles. The topological polar surface area (TPSA) is 46.3 Å². The molecule has 0 saturated carbocycles. The molecule has 0 atom stereocenters. The van der Waals surface area contributed by atoms with Crippen LogP contribution < -0.4 is 10.6 Å². The molecular weight excluding hydrogens is 200 g/mol. The number of piperidine rings is 1. The molecule has 16 heavy (non-hydrogen) atoms. The van der Waals surface area contributed by atoms with Crippen LogP contribution in [0.5, 0.6) is 0 Å². The third-order valence-corrected chi connectivity index (χ3v) is 3.27. The molecule has 3 nitrogen and oxygen atoms in total. The van der Waals surface area contributed by atoms with E-state index in [4.69, 9.17) is 5.73 Å². The van der Waals surface area contributed by atoms with Crippen molar-refractivity contribution in [2.24, 2.45) is 5.73 Å². The Morgan fingerprint density at radius 3 is 2.56 bits per heavy atom. The van der Waals surface area contributed by atoms with E-state index in [0.717, 1.165) is 24.3 Å². The van der Waals surface area contributed by atoms with Crippen LogP contribution in [-0.2, 0) is 0 Å². The van der Waals surface area contributed by atoms with E-state index in [1.54, 1.807) is 6.07 Å². The summed E-state index contributed by atoms with van der Waals surface area (Å²) < 4.78 is 0. The molecule has 0 aliphatic carbocycles. The summed E-state index contributed by atoms with van der Waals surface area (Å²) in [6, 6.07) is 5.79. The van der Waals surface area contributed by atoms with Crippen LogP contribution in [0.1, 0.15) is 35.2 Å². The number of anilines is 1. The molecule has 0 radical (unpaired) electrons. The van der Waals surface area contributed by atoms with E-state index in [2.05, 4.69) is 11.0 Å². The van der Waals surface area contributed by atoms with Crippen molar-refractivity contribution in [1.82, 2.24) is 0 Å². The summed E-state index contributed by atoms with van der Waals surface area (Å²) in [4.78, 5) is 13.6. The smallest absolute Gasteiger partial charge is 0.249 e. The van der Waals surface area contributed by atoms with Crippen LogP contribution >= 0.6 is 0 Å². The Bertz CT molecular complexity index is 395. The molecule has 1 heterocycles. The van der Waals surface area contributed by atoms with Crippen molar-refractivity contribution < 1.29 is 4.79 Å². The zero-order valence-electron chi connectivity index (χ0n) is 9.70. The largest absolute Gasteiger partial charge is 0.371 e. The molecule has 0 aromatic heterocycles. The molecule has 2 N–H and O–H groups in total. The average molecular weight is 218 g/mol. The molecule has 0 bridgehead atoms. The van der Waals surface area contributed by atoms with E-state index in [1.807, 2.05) is 13.0 Å². The standard InChI is InChI=1S/C13H18N2O/c1-10-11(13(14)16)6-5-7-12(10)15-8-3-2-4-9-15/h5-7H,2-4,8-9H2,1H3,(H2,14,16). The number of rotatable bonds is 2. The van der Waals surface area contributed by atoms with Crippen molar-refractivity contribution in [2.45, 2.75) is 26.2 Å². The second-order valence-corrected chi connectivity index (χ2v) is 4.36. The fourth-order valence-electron chi connectivity index (χ4n) is 2.37. The highest BCUT2D eigenvalue weighted by Gasteiger charge is 2.15. The number of amides is 1. The number of hydrogen-bond acceptors (Lipinski definition) is 2. The first-order chi connectivity index (χ1) is 7.70. The first-order valence-electron chi connectivity index (χ1n) is 5.84. The van der Waals surface area contributed by atoms with Gasteiger partial charge in [-0.05, 0) is 43.9 Å². The normalized spacial score (nSPS) is 16.2. The quantitative estimate of drug-likeness (QED) is 0.826. The minimum absolute atomic E-state index is 0.337. The van der Waals surface area contributed by atoms with Crippen LogP contribution in [0.2, 0.25) is 0 Å². The van der Waals surface area contributed by atoms with Gasteiger partial charge in [0.1, 0.15) is 0 Å². The number of primary amides is 1. The van der Waals surface area contributed by atoms with E-state index < -0.39 is 0 Å². The fraction of sp³-hybridized carbons (Fsp3) is 0.462. The van der Waals surface area contributed by atoms with Crippen molar-refractivity contribution in [2.75, 3.05) is 18.0 Å². The van der Waals surface area contributed by atoms with Crippen LogP contribution in [0.3, 0.4) is 0 Å². The molecule has 0 spiro atoms. The summed E-state index contributed by atoms with van der Waals surface area (Å²) in [5, 5.41) is 0. The number of nitrogens with zero attached hydrogens (tertiary/aromatic N) is 1. The lowest BCUT2D eigenvalue weighted by atomic mass is 10.0. The Balaban J connectivity index is 2.33. The van der Waals surface area contributed by atoms with E-state index in [9.17, 15) is 4.79 Å². The van der Waals surface area contributed by atoms with Crippen molar-refractivity contribution in [3.63, 3.8) is 0 Å². The number of carbonyl (C=O) groups is 1. The summed E-state index contributed by atoms with van der Waals surface area (Å²) >= 11 is 0. The second-order valence-electron chi connectivity index (χ2n) is 4.36. The summed E-state index contributed by atoms with van der Waals surface area (Å²) in [7, 11) is 0. The van der Waals surface area contributed by atoms with Gasteiger partial charge in [-0.1, -0.05) is 6.07 Å². The van der Waals surface area contributed by atoms with E-state index in [0.29, 0.717) is 5.56 Å². The maximum atomic E-state index is 11.3. The maximum absolute atomic E-state index is 11.3. The van der Waals surface area contributed by atoms with E-state index >= 15 is 0 Å². The molecule has 86 valence electrons. The summed E-state index contributed by atoms with van der Waals surface area (Å²) in [5.74, 6) is -0.337. The van der Waals surface area contributed by atoms with Gasteiger partial charge in [0.15, 0.2) is 0 Å². The maximum Gasteiger partial charge on any atom is 0.249 e. The van der Waals surface area contributed by atoms with Gasteiger partial charge in [0.25, 0.3) is 0 Å². The number of benzene rings is 1. The second kappa shape index (κ2) is 4.56. The third kappa shape index (κ3) is 2.03. The Labute approximate surface area is 96.2 Å². The van der Waals surface area contributed by atoms with Gasteiger partial charge in [0.05, 0.1) is 0 Å². The molecule has 1 fully saturated rings. The lowest BCUT2D eigenvalue weighted by molar-refractivity contribution is 0.1000. The molecule has 1 aromatic rings. The van der Waals surface area contributed by atoms with Crippen LogP contribution in [0.25, 0.3) is 0 Å². The van der Waals surface area contributed by atoms with Crippen LogP contribution in [0.15, 0.2) is 18.2 Å². The number of carbonyl (C=O) groups excluding carboxylic acids is 1. The van der Waals surface area contributed by atoms with Crippen molar-refractivity contribution >= 4 is 11.6 Å². The third-order valence-electron chi connectivity index (χ3n) is 3.27. The Morgan fingerprint density at radius 2 is 1.94 bits per heavy atom. The molecule has 1 aromatic carbocycles. The van der Waals surface area contributed by atoms with Gasteiger partial charge < -0.3 is 10.6 Å². The van der Waals surface area contributed by atoms with Crippen molar-refractivity contribution in [1.29, 1.82) is 0 Å². The highest BCUT2D eigenvalue weighted by atomic mass is 16.1. The minimum atomic E-state index is -0.337. The van der Waals surface area contributed by atoms with Crippen molar-refractivity contribution in [3.05, 3.63) is 29.3 Å². The SMILES string of the molecule is Cc1c(C(N)=O)cccc1N1CCCCC1. The summed E-state index contributed by atoms with van der Waals surface area (Å²) in [6.07, 6.45) is 3.78. The van der Waals surface area contributed by atoms with E-state index in [1.165, 1.54) is 19.3 Å².